The molecule has 1 aliphatic rings. The van der Waals surface area contributed by atoms with Crippen molar-refractivity contribution in [3.05, 3.63) is 34.3 Å². The minimum absolute atomic E-state index is 0.0515. The second-order valence-corrected chi connectivity index (χ2v) is 4.80. The Kier molecular flexibility index (Phi) is 2.56. The summed E-state index contributed by atoms with van der Waals surface area (Å²) < 4.78 is 0.964. The van der Waals surface area contributed by atoms with Crippen LogP contribution >= 0.6 is 15.9 Å². The summed E-state index contributed by atoms with van der Waals surface area (Å²) in [5.74, 6) is -0.735. The average molecular weight is 270 g/mol. The molecular weight excluding hydrogens is 258 g/mol. The van der Waals surface area contributed by atoms with Crippen LogP contribution in [0.25, 0.3) is 0 Å². The highest BCUT2D eigenvalue weighted by molar-refractivity contribution is 9.10. The molecule has 2 unspecified atom stereocenters. The van der Waals surface area contributed by atoms with Crippen molar-refractivity contribution in [2.45, 2.75) is 12.3 Å². The minimum Gasteiger partial charge on any atom is -0.481 e. The first-order chi connectivity index (χ1) is 7.12. The van der Waals surface area contributed by atoms with E-state index in [0.29, 0.717) is 6.42 Å². The summed E-state index contributed by atoms with van der Waals surface area (Å²) in [4.78, 5) is 11.1. The molecule has 15 heavy (non-hydrogen) atoms. The van der Waals surface area contributed by atoms with Gasteiger partial charge in [0.2, 0.25) is 0 Å². The number of halogens is 1. The quantitative estimate of drug-likeness (QED) is 0.882. The van der Waals surface area contributed by atoms with Gasteiger partial charge in [0.05, 0.1) is 5.41 Å². The predicted molar refractivity (Wildman–Crippen MR) is 60.6 cm³/mol. The Labute approximate surface area is 96.4 Å². The first-order valence-corrected chi connectivity index (χ1v) is 5.59. The van der Waals surface area contributed by atoms with E-state index in [9.17, 15) is 4.79 Å². The van der Waals surface area contributed by atoms with Gasteiger partial charge in [-0.1, -0.05) is 34.1 Å². The topological polar surface area (TPSA) is 63.3 Å². The number of benzene rings is 1. The standard InChI is InChI=1S/C11H12BrNO2/c12-9-4-2-1-3-7(9)8-5-11(8,6-13)10(14)15/h1-4,8H,5-6,13H2,(H,14,15). The normalized spacial score (nSPS) is 28.8. The highest BCUT2D eigenvalue weighted by Gasteiger charge is 2.60. The van der Waals surface area contributed by atoms with Crippen LogP contribution in [-0.4, -0.2) is 17.6 Å². The Balaban J connectivity index is 2.30. The van der Waals surface area contributed by atoms with Crippen LogP contribution in [0, 0.1) is 5.41 Å². The third-order valence-electron chi connectivity index (χ3n) is 3.15. The molecule has 0 spiro atoms. The van der Waals surface area contributed by atoms with Crippen LogP contribution in [0.2, 0.25) is 0 Å². The summed E-state index contributed by atoms with van der Waals surface area (Å²) in [5, 5.41) is 9.13. The Hall–Kier alpha value is -0.870. The fourth-order valence-corrected chi connectivity index (χ4v) is 2.58. The summed E-state index contributed by atoms with van der Waals surface area (Å²) >= 11 is 3.43. The van der Waals surface area contributed by atoms with Crippen molar-refractivity contribution in [3.8, 4) is 0 Å². The van der Waals surface area contributed by atoms with Gasteiger partial charge in [0, 0.05) is 16.9 Å². The molecule has 1 fully saturated rings. The van der Waals surface area contributed by atoms with Crippen LogP contribution in [0.4, 0.5) is 0 Å². The molecule has 0 amide bonds. The summed E-state index contributed by atoms with van der Waals surface area (Å²) in [6.45, 7) is 0.203. The number of aliphatic carboxylic acids is 1. The van der Waals surface area contributed by atoms with Crippen molar-refractivity contribution in [3.63, 3.8) is 0 Å². The van der Waals surface area contributed by atoms with E-state index in [1.807, 2.05) is 24.3 Å². The van der Waals surface area contributed by atoms with Gasteiger partial charge < -0.3 is 10.8 Å². The van der Waals surface area contributed by atoms with Gasteiger partial charge in [-0.15, -0.1) is 0 Å². The smallest absolute Gasteiger partial charge is 0.311 e. The number of rotatable bonds is 3. The van der Waals surface area contributed by atoms with Crippen molar-refractivity contribution in [2.75, 3.05) is 6.54 Å². The van der Waals surface area contributed by atoms with Gasteiger partial charge in [0.25, 0.3) is 0 Å². The van der Waals surface area contributed by atoms with Crippen molar-refractivity contribution < 1.29 is 9.90 Å². The molecule has 1 aliphatic carbocycles. The van der Waals surface area contributed by atoms with E-state index in [1.165, 1.54) is 0 Å². The molecule has 0 bridgehead atoms. The van der Waals surface area contributed by atoms with E-state index < -0.39 is 11.4 Å². The summed E-state index contributed by atoms with van der Waals surface area (Å²) in [6.07, 6.45) is 0.640. The molecule has 0 aromatic heterocycles. The summed E-state index contributed by atoms with van der Waals surface area (Å²) in [7, 11) is 0. The molecule has 1 aromatic rings. The number of nitrogens with two attached hydrogens (primary N) is 1. The molecular formula is C11H12BrNO2. The molecule has 2 rings (SSSR count). The Morgan fingerprint density at radius 1 is 1.60 bits per heavy atom. The van der Waals surface area contributed by atoms with E-state index in [4.69, 9.17) is 10.8 Å². The Bertz CT molecular complexity index is 407. The van der Waals surface area contributed by atoms with Gasteiger partial charge in [-0.25, -0.2) is 0 Å². The molecule has 0 radical (unpaired) electrons. The number of hydrogen-bond acceptors (Lipinski definition) is 2. The first-order valence-electron chi connectivity index (χ1n) is 4.80. The largest absolute Gasteiger partial charge is 0.481 e. The molecule has 0 saturated heterocycles. The lowest BCUT2D eigenvalue weighted by Crippen LogP contribution is -2.26. The van der Waals surface area contributed by atoms with Crippen LogP contribution in [0.1, 0.15) is 17.9 Å². The third kappa shape index (κ3) is 1.58. The number of carboxylic acid groups (broad SMARTS) is 1. The SMILES string of the molecule is NCC1(C(=O)O)CC1c1ccccc1Br. The zero-order valence-electron chi connectivity index (χ0n) is 8.11. The van der Waals surface area contributed by atoms with Crippen LogP contribution in [0.15, 0.2) is 28.7 Å². The molecule has 2 atom stereocenters. The highest BCUT2D eigenvalue weighted by Crippen LogP contribution is 2.59. The molecule has 80 valence electrons. The van der Waals surface area contributed by atoms with Gasteiger partial charge in [-0.05, 0) is 18.1 Å². The van der Waals surface area contributed by atoms with Gasteiger partial charge in [-0.2, -0.15) is 0 Å². The fourth-order valence-electron chi connectivity index (χ4n) is 2.02. The van der Waals surface area contributed by atoms with Gasteiger partial charge >= 0.3 is 5.97 Å². The molecule has 0 aliphatic heterocycles. The van der Waals surface area contributed by atoms with Crippen molar-refractivity contribution in [1.82, 2.24) is 0 Å². The van der Waals surface area contributed by atoms with Gasteiger partial charge in [0.15, 0.2) is 0 Å². The van der Waals surface area contributed by atoms with Crippen LogP contribution in [0.5, 0.6) is 0 Å². The maximum absolute atomic E-state index is 11.1. The van der Waals surface area contributed by atoms with E-state index in [-0.39, 0.29) is 12.5 Å². The third-order valence-corrected chi connectivity index (χ3v) is 3.87. The molecule has 0 heterocycles. The Morgan fingerprint density at radius 2 is 2.27 bits per heavy atom. The summed E-state index contributed by atoms with van der Waals surface area (Å²) in [5.41, 5.74) is 5.87. The lowest BCUT2D eigenvalue weighted by Gasteiger charge is -2.10. The predicted octanol–water partition coefficient (Wildman–Crippen LogP) is 1.97. The minimum atomic E-state index is -0.786. The fraction of sp³-hybridized carbons (Fsp3) is 0.364. The van der Waals surface area contributed by atoms with E-state index in [1.54, 1.807) is 0 Å². The van der Waals surface area contributed by atoms with Gasteiger partial charge in [0.1, 0.15) is 0 Å². The van der Waals surface area contributed by atoms with Crippen molar-refractivity contribution in [2.24, 2.45) is 11.1 Å². The second-order valence-electron chi connectivity index (χ2n) is 3.94. The Morgan fingerprint density at radius 3 is 2.73 bits per heavy atom. The maximum atomic E-state index is 11.1. The maximum Gasteiger partial charge on any atom is 0.311 e. The zero-order chi connectivity index (χ0) is 11.1. The van der Waals surface area contributed by atoms with Gasteiger partial charge in [-0.3, -0.25) is 4.79 Å². The number of hydrogen-bond donors (Lipinski definition) is 2. The summed E-state index contributed by atoms with van der Waals surface area (Å²) in [6, 6.07) is 7.72. The molecule has 3 N–H and O–H groups in total. The van der Waals surface area contributed by atoms with E-state index >= 15 is 0 Å². The highest BCUT2D eigenvalue weighted by atomic mass is 79.9. The first kappa shape index (κ1) is 10.6. The van der Waals surface area contributed by atoms with Crippen LogP contribution < -0.4 is 5.73 Å². The monoisotopic (exact) mass is 269 g/mol. The van der Waals surface area contributed by atoms with Crippen LogP contribution in [0.3, 0.4) is 0 Å². The average Bonchev–Trinajstić information content (AvgIpc) is 2.94. The second kappa shape index (κ2) is 3.61. The lowest BCUT2D eigenvalue weighted by molar-refractivity contribution is -0.143. The zero-order valence-corrected chi connectivity index (χ0v) is 9.70. The van der Waals surface area contributed by atoms with Crippen LogP contribution in [-0.2, 0) is 4.79 Å². The van der Waals surface area contributed by atoms with E-state index in [0.717, 1.165) is 10.0 Å². The van der Waals surface area contributed by atoms with Crippen molar-refractivity contribution in [1.29, 1.82) is 0 Å². The number of carbonyl (C=O) groups is 1. The molecule has 4 heteroatoms. The van der Waals surface area contributed by atoms with E-state index in [2.05, 4.69) is 15.9 Å². The lowest BCUT2D eigenvalue weighted by atomic mass is 9.99. The molecule has 3 nitrogen and oxygen atoms in total. The molecule has 1 saturated carbocycles. The number of carboxylic acids is 1. The van der Waals surface area contributed by atoms with Crippen molar-refractivity contribution >= 4 is 21.9 Å². The molecule has 1 aromatic carbocycles.